The van der Waals surface area contributed by atoms with Crippen LogP contribution in [0.15, 0.2) is 48.2 Å². The second kappa shape index (κ2) is 7.59. The summed E-state index contributed by atoms with van der Waals surface area (Å²) >= 11 is 0. The fraction of sp³-hybridized carbons (Fsp3) is 0.333. The Balaban J connectivity index is 1.86. The highest BCUT2D eigenvalue weighted by Gasteiger charge is 2.10. The number of aldehydes is 2. The van der Waals surface area contributed by atoms with Crippen molar-refractivity contribution < 1.29 is 9.59 Å². The van der Waals surface area contributed by atoms with Crippen molar-refractivity contribution >= 4 is 18.3 Å². The quantitative estimate of drug-likeness (QED) is 0.725. The van der Waals surface area contributed by atoms with Crippen LogP contribution in [0, 0.1) is 5.92 Å². The molecule has 0 radical (unpaired) electrons. The zero-order valence-electron chi connectivity index (χ0n) is 13.1. The average Bonchev–Trinajstić information content (AvgIpc) is 2.59. The highest BCUT2D eigenvalue weighted by Crippen LogP contribution is 2.17. The van der Waals surface area contributed by atoms with Crippen LogP contribution in [0.4, 0.5) is 5.69 Å². The topological polar surface area (TPSA) is 40.6 Å². The molecular formula is C18H22N2O2. The molecule has 0 bridgehead atoms. The van der Waals surface area contributed by atoms with Crippen molar-refractivity contribution in [3.8, 4) is 0 Å². The van der Waals surface area contributed by atoms with Crippen LogP contribution in [0.5, 0.6) is 0 Å². The summed E-state index contributed by atoms with van der Waals surface area (Å²) in [4.78, 5) is 25.7. The summed E-state index contributed by atoms with van der Waals surface area (Å²) in [5.41, 5.74) is 2.94. The molecule has 0 saturated heterocycles. The van der Waals surface area contributed by atoms with Crippen LogP contribution in [0.3, 0.4) is 0 Å². The molecule has 4 heteroatoms. The van der Waals surface area contributed by atoms with Crippen molar-refractivity contribution in [3.05, 3.63) is 53.8 Å². The minimum Gasteiger partial charge on any atom is -0.373 e. The van der Waals surface area contributed by atoms with Gasteiger partial charge < -0.3 is 14.6 Å². The Morgan fingerprint density at radius 2 is 1.77 bits per heavy atom. The van der Waals surface area contributed by atoms with Crippen molar-refractivity contribution in [2.75, 3.05) is 32.1 Å². The van der Waals surface area contributed by atoms with Gasteiger partial charge in [0.15, 0.2) is 0 Å². The van der Waals surface area contributed by atoms with Crippen LogP contribution in [-0.2, 0) is 4.79 Å². The van der Waals surface area contributed by atoms with E-state index in [0.717, 1.165) is 43.5 Å². The highest BCUT2D eigenvalue weighted by atomic mass is 16.1. The van der Waals surface area contributed by atoms with Gasteiger partial charge in [-0.25, -0.2) is 0 Å². The van der Waals surface area contributed by atoms with E-state index in [4.69, 9.17) is 0 Å². The molecule has 1 atom stereocenters. The van der Waals surface area contributed by atoms with Gasteiger partial charge in [0.05, 0.1) is 0 Å². The molecule has 0 spiro atoms. The lowest BCUT2D eigenvalue weighted by atomic mass is 10.0. The van der Waals surface area contributed by atoms with Gasteiger partial charge in [-0.1, -0.05) is 12.2 Å². The number of allylic oxidation sites excluding steroid dienone is 3. The largest absolute Gasteiger partial charge is 0.373 e. The maximum absolute atomic E-state index is 10.7. The fourth-order valence-electron chi connectivity index (χ4n) is 2.38. The summed E-state index contributed by atoms with van der Waals surface area (Å²) in [5.74, 6) is 0.0242. The van der Waals surface area contributed by atoms with E-state index < -0.39 is 0 Å². The summed E-state index contributed by atoms with van der Waals surface area (Å²) in [6, 6.07) is 7.57. The van der Waals surface area contributed by atoms with E-state index in [0.29, 0.717) is 5.56 Å². The van der Waals surface area contributed by atoms with E-state index in [-0.39, 0.29) is 5.92 Å². The summed E-state index contributed by atoms with van der Waals surface area (Å²) < 4.78 is 0. The number of hydrogen-bond donors (Lipinski definition) is 0. The monoisotopic (exact) mass is 298 g/mol. The van der Waals surface area contributed by atoms with Crippen LogP contribution in [-0.4, -0.2) is 44.7 Å². The molecule has 0 saturated carbocycles. The van der Waals surface area contributed by atoms with E-state index in [2.05, 4.69) is 22.9 Å². The molecule has 0 aromatic heterocycles. The molecule has 1 aliphatic carbocycles. The molecule has 116 valence electrons. The molecule has 4 nitrogen and oxygen atoms in total. The average molecular weight is 298 g/mol. The predicted molar refractivity (Wildman–Crippen MR) is 89.1 cm³/mol. The Bertz CT molecular complexity index is 575. The number of rotatable bonds is 7. The van der Waals surface area contributed by atoms with Gasteiger partial charge in [-0.15, -0.1) is 0 Å². The van der Waals surface area contributed by atoms with Gasteiger partial charge >= 0.3 is 0 Å². The Kier molecular flexibility index (Phi) is 5.53. The molecule has 0 N–H and O–H groups in total. The number of hydrogen-bond acceptors (Lipinski definition) is 4. The van der Waals surface area contributed by atoms with Crippen LogP contribution < -0.4 is 4.90 Å². The molecule has 22 heavy (non-hydrogen) atoms. The first kappa shape index (κ1) is 16.0. The lowest BCUT2D eigenvalue weighted by Gasteiger charge is -2.27. The van der Waals surface area contributed by atoms with Gasteiger partial charge in [0.25, 0.3) is 0 Å². The Hall–Kier alpha value is -2.36. The fourth-order valence-corrected chi connectivity index (χ4v) is 2.38. The second-order valence-corrected chi connectivity index (χ2v) is 5.58. The van der Waals surface area contributed by atoms with Gasteiger partial charge in [-0.2, -0.15) is 0 Å². The normalized spacial score (nSPS) is 16.8. The van der Waals surface area contributed by atoms with Crippen LogP contribution in [0.1, 0.15) is 16.8 Å². The van der Waals surface area contributed by atoms with Crippen LogP contribution >= 0.6 is 0 Å². The lowest BCUT2D eigenvalue weighted by molar-refractivity contribution is -0.109. The smallest absolute Gasteiger partial charge is 0.150 e. The first-order valence-electron chi connectivity index (χ1n) is 7.45. The van der Waals surface area contributed by atoms with Gasteiger partial charge in [0, 0.05) is 50.1 Å². The molecule has 1 aromatic carbocycles. The number of carbonyl (C=O) groups is 2. The number of carbonyl (C=O) groups excluding carboxylic acids is 2. The van der Waals surface area contributed by atoms with Gasteiger partial charge in [0.2, 0.25) is 0 Å². The predicted octanol–water partition coefficient (Wildman–Crippen LogP) is 2.53. The molecule has 0 amide bonds. The molecular weight excluding hydrogens is 276 g/mol. The third kappa shape index (κ3) is 4.07. The van der Waals surface area contributed by atoms with Crippen LogP contribution in [0.2, 0.25) is 0 Å². The minimum absolute atomic E-state index is 0.0242. The molecule has 0 heterocycles. The Morgan fingerprint density at radius 3 is 2.32 bits per heavy atom. The summed E-state index contributed by atoms with van der Waals surface area (Å²) in [7, 11) is 4.10. The number of nitrogens with zero attached hydrogens (tertiary/aromatic N) is 2. The Morgan fingerprint density at radius 1 is 1.09 bits per heavy atom. The van der Waals surface area contributed by atoms with Crippen LogP contribution in [0.25, 0.3) is 0 Å². The third-order valence-corrected chi connectivity index (χ3v) is 3.97. The SMILES string of the molecule is CN(CCN(C)c1ccc(C=O)cc1)C1=CCC(C=O)C=C1. The third-order valence-electron chi connectivity index (χ3n) is 3.97. The lowest BCUT2D eigenvalue weighted by Crippen LogP contribution is -2.30. The molecule has 2 rings (SSSR count). The van der Waals surface area contributed by atoms with Gasteiger partial charge in [0.1, 0.15) is 12.6 Å². The molecule has 0 aliphatic heterocycles. The molecule has 0 fully saturated rings. The van der Waals surface area contributed by atoms with Crippen molar-refractivity contribution in [2.45, 2.75) is 6.42 Å². The van der Waals surface area contributed by atoms with Crippen molar-refractivity contribution in [1.82, 2.24) is 4.90 Å². The van der Waals surface area contributed by atoms with Gasteiger partial charge in [-0.05, 0) is 36.8 Å². The minimum atomic E-state index is 0.0242. The Labute approximate surface area is 131 Å². The maximum Gasteiger partial charge on any atom is 0.150 e. The van der Waals surface area contributed by atoms with Crippen molar-refractivity contribution in [3.63, 3.8) is 0 Å². The first-order chi connectivity index (χ1) is 10.6. The van der Waals surface area contributed by atoms with E-state index in [1.807, 2.05) is 43.5 Å². The van der Waals surface area contributed by atoms with Gasteiger partial charge in [-0.3, -0.25) is 4.79 Å². The van der Waals surface area contributed by atoms with E-state index in [1.165, 1.54) is 0 Å². The zero-order valence-corrected chi connectivity index (χ0v) is 13.1. The number of anilines is 1. The first-order valence-corrected chi connectivity index (χ1v) is 7.45. The maximum atomic E-state index is 10.7. The molecule has 1 aromatic rings. The van der Waals surface area contributed by atoms with E-state index in [9.17, 15) is 9.59 Å². The summed E-state index contributed by atoms with van der Waals surface area (Å²) in [6.45, 7) is 1.76. The highest BCUT2D eigenvalue weighted by molar-refractivity contribution is 5.75. The second-order valence-electron chi connectivity index (χ2n) is 5.58. The summed E-state index contributed by atoms with van der Waals surface area (Å²) in [5, 5.41) is 0. The summed E-state index contributed by atoms with van der Waals surface area (Å²) in [6.07, 6.45) is 8.70. The van der Waals surface area contributed by atoms with Crippen molar-refractivity contribution in [1.29, 1.82) is 0 Å². The molecule has 1 unspecified atom stereocenters. The van der Waals surface area contributed by atoms with E-state index >= 15 is 0 Å². The van der Waals surface area contributed by atoms with E-state index in [1.54, 1.807) is 0 Å². The molecule has 1 aliphatic rings. The van der Waals surface area contributed by atoms with Crippen molar-refractivity contribution in [2.24, 2.45) is 5.92 Å². The standard InChI is InChI=1S/C18H22N2O2/c1-19(17-7-3-15(13-21)4-8-17)11-12-20(2)18-9-5-16(14-22)6-10-18/h3-5,7-10,13-14,16H,6,11-12H2,1-2H3. The number of likely N-dealkylation sites (N-methyl/N-ethyl adjacent to an activating group) is 2. The number of benzene rings is 1. The zero-order chi connectivity index (χ0) is 15.9.